The molecular weight excluding hydrogens is 220 g/mol. The Hall–Kier alpha value is -2.37. The van der Waals surface area contributed by atoms with Gasteiger partial charge in [-0.05, 0) is 11.6 Å². The van der Waals surface area contributed by atoms with Crippen LogP contribution in [0.4, 0.5) is 5.82 Å². The molecule has 17 heavy (non-hydrogen) atoms. The number of methoxy groups -OCH3 is 1. The van der Waals surface area contributed by atoms with Gasteiger partial charge in [-0.2, -0.15) is 0 Å². The van der Waals surface area contributed by atoms with Gasteiger partial charge < -0.3 is 15.0 Å². The minimum Gasteiger partial charge on any atom is -0.464 e. The van der Waals surface area contributed by atoms with Gasteiger partial charge in [0.05, 0.1) is 20.0 Å². The minimum atomic E-state index is -0.535. The van der Waals surface area contributed by atoms with Gasteiger partial charge in [-0.25, -0.2) is 9.78 Å². The average molecular weight is 232 g/mol. The normalized spacial score (nSPS) is 10.2. The van der Waals surface area contributed by atoms with E-state index in [1.807, 2.05) is 12.1 Å². The summed E-state index contributed by atoms with van der Waals surface area (Å²) in [6, 6.07) is 3.76. The molecule has 0 aromatic carbocycles. The lowest BCUT2D eigenvalue weighted by atomic mass is 10.3. The number of anilines is 1. The van der Waals surface area contributed by atoms with Gasteiger partial charge in [0.2, 0.25) is 0 Å². The van der Waals surface area contributed by atoms with Crippen LogP contribution in [0.2, 0.25) is 0 Å². The Bertz CT molecular complexity index is 522. The molecule has 0 aliphatic heterocycles. The van der Waals surface area contributed by atoms with Crippen molar-refractivity contribution in [3.05, 3.63) is 42.1 Å². The Labute approximate surface area is 98.1 Å². The van der Waals surface area contributed by atoms with Crippen molar-refractivity contribution in [1.29, 1.82) is 0 Å². The Morgan fingerprint density at radius 3 is 3.06 bits per heavy atom. The van der Waals surface area contributed by atoms with E-state index in [1.165, 1.54) is 13.4 Å². The molecule has 6 nitrogen and oxygen atoms in total. The Balaban J connectivity index is 2.24. The van der Waals surface area contributed by atoms with Gasteiger partial charge in [0.25, 0.3) is 0 Å². The maximum Gasteiger partial charge on any atom is 0.360 e. The first-order valence-electron chi connectivity index (χ1n) is 5.00. The summed E-state index contributed by atoms with van der Waals surface area (Å²) in [7, 11) is 1.29. The Morgan fingerprint density at radius 2 is 2.41 bits per heavy atom. The summed E-state index contributed by atoms with van der Waals surface area (Å²) in [6.07, 6.45) is 4.94. The lowest BCUT2D eigenvalue weighted by molar-refractivity contribution is 0.0596. The molecule has 0 unspecified atom stereocenters. The monoisotopic (exact) mass is 232 g/mol. The summed E-state index contributed by atoms with van der Waals surface area (Å²) < 4.78 is 6.24. The van der Waals surface area contributed by atoms with Gasteiger partial charge in [0.1, 0.15) is 5.82 Å². The van der Waals surface area contributed by atoms with Gasteiger partial charge in [0, 0.05) is 12.4 Å². The molecule has 2 heterocycles. The fraction of sp³-hybridized carbons (Fsp3) is 0.182. The van der Waals surface area contributed by atoms with Gasteiger partial charge in [-0.15, -0.1) is 0 Å². The first-order chi connectivity index (χ1) is 8.22. The van der Waals surface area contributed by atoms with Crippen molar-refractivity contribution in [2.45, 2.75) is 6.54 Å². The molecule has 0 bridgehead atoms. The number of nitrogens with two attached hydrogens (primary N) is 1. The van der Waals surface area contributed by atoms with Crippen molar-refractivity contribution < 1.29 is 9.53 Å². The standard InChI is InChI=1S/C11H12N4O2/c1-17-11(16)9-10(12)15(7-14-9)6-8-3-2-4-13-5-8/h2-5,7H,6,12H2,1H3. The van der Waals surface area contributed by atoms with Gasteiger partial charge in [-0.1, -0.05) is 6.07 Å². The summed E-state index contributed by atoms with van der Waals surface area (Å²) in [4.78, 5) is 19.2. The summed E-state index contributed by atoms with van der Waals surface area (Å²) in [5, 5.41) is 0. The second-order valence-corrected chi connectivity index (χ2v) is 3.46. The first-order valence-corrected chi connectivity index (χ1v) is 5.00. The number of pyridine rings is 1. The first kappa shape index (κ1) is 11.1. The van der Waals surface area contributed by atoms with Gasteiger partial charge in [-0.3, -0.25) is 4.98 Å². The zero-order valence-electron chi connectivity index (χ0n) is 9.33. The second-order valence-electron chi connectivity index (χ2n) is 3.46. The van der Waals surface area contributed by atoms with Crippen LogP contribution in [-0.2, 0) is 11.3 Å². The number of ether oxygens (including phenoxy) is 1. The molecule has 2 N–H and O–H groups in total. The molecule has 2 aromatic rings. The van der Waals surface area contributed by atoms with Crippen LogP contribution in [0.25, 0.3) is 0 Å². The van der Waals surface area contributed by atoms with Crippen LogP contribution in [0.15, 0.2) is 30.9 Å². The predicted octanol–water partition coefficient (Wildman–Crippen LogP) is 0.695. The third-order valence-corrected chi connectivity index (χ3v) is 2.33. The van der Waals surface area contributed by atoms with Crippen LogP contribution in [0, 0.1) is 0 Å². The number of esters is 1. The van der Waals surface area contributed by atoms with Crippen molar-refractivity contribution in [3.63, 3.8) is 0 Å². The maximum absolute atomic E-state index is 11.3. The van der Waals surface area contributed by atoms with Gasteiger partial charge in [0.15, 0.2) is 5.69 Å². The van der Waals surface area contributed by atoms with E-state index in [0.29, 0.717) is 12.4 Å². The third kappa shape index (κ3) is 2.25. The number of nitrogens with zero attached hydrogens (tertiary/aromatic N) is 3. The number of hydrogen-bond donors (Lipinski definition) is 1. The Morgan fingerprint density at radius 1 is 1.59 bits per heavy atom. The average Bonchev–Trinajstić information content (AvgIpc) is 2.72. The van der Waals surface area contributed by atoms with Crippen molar-refractivity contribution in [3.8, 4) is 0 Å². The molecule has 88 valence electrons. The molecule has 0 aliphatic carbocycles. The topological polar surface area (TPSA) is 83.0 Å². The van der Waals surface area contributed by atoms with Crippen LogP contribution in [-0.4, -0.2) is 27.6 Å². The number of carbonyl (C=O) groups is 1. The van der Waals surface area contributed by atoms with E-state index in [2.05, 4.69) is 14.7 Å². The molecule has 6 heteroatoms. The highest BCUT2D eigenvalue weighted by molar-refractivity contribution is 5.92. The molecule has 0 radical (unpaired) electrons. The van der Waals surface area contributed by atoms with E-state index in [9.17, 15) is 4.79 Å². The molecule has 0 spiro atoms. The van der Waals surface area contributed by atoms with E-state index >= 15 is 0 Å². The molecule has 0 saturated heterocycles. The number of rotatable bonds is 3. The molecule has 0 saturated carbocycles. The molecular formula is C11H12N4O2. The van der Waals surface area contributed by atoms with E-state index in [-0.39, 0.29) is 5.69 Å². The number of carbonyl (C=O) groups excluding carboxylic acids is 1. The second kappa shape index (κ2) is 4.65. The highest BCUT2D eigenvalue weighted by Gasteiger charge is 2.15. The van der Waals surface area contributed by atoms with Crippen molar-refractivity contribution in [2.75, 3.05) is 12.8 Å². The molecule has 2 rings (SSSR count). The smallest absolute Gasteiger partial charge is 0.360 e. The molecule has 0 amide bonds. The summed E-state index contributed by atoms with van der Waals surface area (Å²) in [5.74, 6) is -0.242. The number of nitrogen functional groups attached to an aromatic ring is 1. The van der Waals surface area contributed by atoms with E-state index in [4.69, 9.17) is 5.73 Å². The molecule has 2 aromatic heterocycles. The lowest BCUT2D eigenvalue weighted by Crippen LogP contribution is -2.09. The fourth-order valence-corrected chi connectivity index (χ4v) is 1.46. The zero-order chi connectivity index (χ0) is 12.3. The summed E-state index contributed by atoms with van der Waals surface area (Å²) >= 11 is 0. The quantitative estimate of drug-likeness (QED) is 0.787. The molecule has 0 atom stereocenters. The van der Waals surface area contributed by atoms with E-state index in [0.717, 1.165) is 5.56 Å². The number of aromatic nitrogens is 3. The van der Waals surface area contributed by atoms with Crippen LogP contribution >= 0.6 is 0 Å². The predicted molar refractivity (Wildman–Crippen MR) is 61.3 cm³/mol. The highest BCUT2D eigenvalue weighted by Crippen LogP contribution is 2.13. The highest BCUT2D eigenvalue weighted by atomic mass is 16.5. The summed E-state index contributed by atoms with van der Waals surface area (Å²) in [5.41, 5.74) is 6.92. The van der Waals surface area contributed by atoms with E-state index < -0.39 is 5.97 Å². The van der Waals surface area contributed by atoms with Crippen LogP contribution in [0.5, 0.6) is 0 Å². The van der Waals surface area contributed by atoms with Crippen LogP contribution < -0.4 is 5.73 Å². The SMILES string of the molecule is COC(=O)c1ncn(Cc2cccnc2)c1N. The van der Waals surface area contributed by atoms with Crippen molar-refractivity contribution in [1.82, 2.24) is 14.5 Å². The number of hydrogen-bond acceptors (Lipinski definition) is 5. The van der Waals surface area contributed by atoms with E-state index in [1.54, 1.807) is 17.0 Å². The zero-order valence-corrected chi connectivity index (χ0v) is 9.33. The Kier molecular flexibility index (Phi) is 3.04. The van der Waals surface area contributed by atoms with Gasteiger partial charge >= 0.3 is 5.97 Å². The van der Waals surface area contributed by atoms with Crippen molar-refractivity contribution >= 4 is 11.8 Å². The minimum absolute atomic E-state index is 0.136. The largest absolute Gasteiger partial charge is 0.464 e. The molecule has 0 fully saturated rings. The van der Waals surface area contributed by atoms with Crippen molar-refractivity contribution in [2.24, 2.45) is 0 Å². The van der Waals surface area contributed by atoms with Crippen LogP contribution in [0.1, 0.15) is 16.1 Å². The molecule has 0 aliphatic rings. The summed E-state index contributed by atoms with van der Waals surface area (Å²) in [6.45, 7) is 0.518. The van der Waals surface area contributed by atoms with Crippen LogP contribution in [0.3, 0.4) is 0 Å². The maximum atomic E-state index is 11.3. The third-order valence-electron chi connectivity index (χ3n) is 2.33. The lowest BCUT2D eigenvalue weighted by Gasteiger charge is -2.04. The fourth-order valence-electron chi connectivity index (χ4n) is 1.46. The number of imidazole rings is 1.